The topological polar surface area (TPSA) is 60.5 Å². The van der Waals surface area contributed by atoms with Gasteiger partial charge in [-0.3, -0.25) is 4.79 Å². The summed E-state index contributed by atoms with van der Waals surface area (Å²) in [5.41, 5.74) is 4.31. The fourth-order valence-electron chi connectivity index (χ4n) is 4.69. The third-order valence-electron chi connectivity index (χ3n) is 6.66. The monoisotopic (exact) mass is 545 g/mol. The molecule has 2 heterocycles. The molecule has 0 radical (unpaired) electrons. The number of nitrogens with one attached hydrogen (secondary N) is 2. The van der Waals surface area contributed by atoms with Crippen LogP contribution < -0.4 is 20.4 Å². The number of amides is 1. The summed E-state index contributed by atoms with van der Waals surface area (Å²) < 4.78 is 39.1. The van der Waals surface area contributed by atoms with Crippen molar-refractivity contribution in [2.75, 3.05) is 34.5 Å². The fraction of sp³-hybridized carbons (Fsp3) is 0.357. The van der Waals surface area contributed by atoms with E-state index in [0.717, 1.165) is 46.1 Å². The zero-order chi connectivity index (χ0) is 26.9. The van der Waals surface area contributed by atoms with Crippen LogP contribution in [-0.2, 0) is 24.1 Å². The molecule has 1 aromatic heterocycles. The van der Waals surface area contributed by atoms with Gasteiger partial charge in [-0.2, -0.15) is 26.7 Å². The number of hydrogen-bond acceptors (Lipinski definition) is 5. The number of anilines is 4. The number of aryl methyl sites for hydroxylation is 1. The van der Waals surface area contributed by atoms with Crippen LogP contribution in [0.5, 0.6) is 0 Å². The first-order valence-corrected chi connectivity index (χ1v) is 12.2. The number of halogens is 3. The Hall–Kier alpha value is -3.40. The number of rotatable bonds is 7. The zero-order valence-corrected chi connectivity index (χ0v) is 23.1. The Bertz CT molecular complexity index is 1280. The van der Waals surface area contributed by atoms with E-state index in [1.54, 1.807) is 18.0 Å². The number of nitrogens with zero attached hydrogens (tertiary/aromatic N) is 3. The molecule has 1 aliphatic rings. The van der Waals surface area contributed by atoms with Crippen molar-refractivity contribution in [2.24, 2.45) is 5.92 Å². The van der Waals surface area contributed by atoms with E-state index in [0.29, 0.717) is 18.8 Å². The van der Waals surface area contributed by atoms with Crippen molar-refractivity contribution in [1.29, 1.82) is 0 Å². The summed E-state index contributed by atoms with van der Waals surface area (Å²) in [6.45, 7) is 6.97. The second-order valence-electron chi connectivity index (χ2n) is 9.85. The normalized spacial score (nSPS) is 15.0. The van der Waals surface area contributed by atoms with Gasteiger partial charge in [-0.1, -0.05) is 44.2 Å². The van der Waals surface area contributed by atoms with Crippen LogP contribution in [-0.4, -0.2) is 31.0 Å². The highest BCUT2D eigenvalue weighted by atomic mass is 32.1. The smallest absolute Gasteiger partial charge is 0.370 e. The van der Waals surface area contributed by atoms with E-state index in [1.165, 1.54) is 6.07 Å². The van der Waals surface area contributed by atoms with E-state index in [9.17, 15) is 18.0 Å². The van der Waals surface area contributed by atoms with E-state index >= 15 is 0 Å². The number of carbonyl (C=O) groups excluding carboxylic acids is 1. The number of alkyl halides is 3. The largest absolute Gasteiger partial charge is 0.416 e. The third kappa shape index (κ3) is 6.35. The SMILES string of the molecule is Cc1nc(NCc2ccc(CN(C)c3cccc(C(F)(F)F)c3)cc2)cc2c1NC(=O)[C@H](C(C)C)N2C.S. The molecule has 1 amide bonds. The van der Waals surface area contributed by atoms with Crippen molar-refractivity contribution >= 4 is 42.3 Å². The Morgan fingerprint density at radius 1 is 1.11 bits per heavy atom. The van der Waals surface area contributed by atoms with Crippen molar-refractivity contribution in [3.8, 4) is 0 Å². The Morgan fingerprint density at radius 2 is 1.76 bits per heavy atom. The first kappa shape index (κ1) is 29.2. The van der Waals surface area contributed by atoms with Crippen LogP contribution in [0.1, 0.15) is 36.2 Å². The molecule has 0 aliphatic carbocycles. The lowest BCUT2D eigenvalue weighted by molar-refractivity contribution is -0.137. The highest BCUT2D eigenvalue weighted by Gasteiger charge is 2.34. The fourth-order valence-corrected chi connectivity index (χ4v) is 4.69. The lowest BCUT2D eigenvalue weighted by Gasteiger charge is -2.38. The molecular weight excluding hydrogens is 511 g/mol. The van der Waals surface area contributed by atoms with Crippen molar-refractivity contribution < 1.29 is 18.0 Å². The van der Waals surface area contributed by atoms with Crippen LogP contribution in [0.2, 0.25) is 0 Å². The molecule has 4 rings (SSSR count). The van der Waals surface area contributed by atoms with Crippen LogP contribution in [0.15, 0.2) is 54.6 Å². The molecule has 0 unspecified atom stereocenters. The Balaban J connectivity index is 0.00000400. The quantitative estimate of drug-likeness (QED) is 0.371. The standard InChI is InChI=1S/C28H32F3N5O.H2S/c1-17(2)26-27(37)34-25-18(3)33-24(14-23(25)36(26)5)32-15-19-9-11-20(12-10-19)16-35(4)22-8-6-7-21(13-22)28(29,30)31;/h6-14,17,26H,15-16H2,1-5H3,(H,32,33)(H,34,37);1H2/t26-;/m0./s1. The van der Waals surface area contributed by atoms with Gasteiger partial charge in [-0.25, -0.2) is 4.98 Å². The molecule has 2 aromatic carbocycles. The van der Waals surface area contributed by atoms with Gasteiger partial charge in [-0.15, -0.1) is 0 Å². The minimum absolute atomic E-state index is 0. The first-order chi connectivity index (χ1) is 17.4. The Labute approximate surface area is 228 Å². The molecule has 38 heavy (non-hydrogen) atoms. The first-order valence-electron chi connectivity index (χ1n) is 12.2. The predicted molar refractivity (Wildman–Crippen MR) is 152 cm³/mol. The van der Waals surface area contributed by atoms with Crippen LogP contribution in [0, 0.1) is 12.8 Å². The van der Waals surface area contributed by atoms with Gasteiger partial charge in [0.2, 0.25) is 5.91 Å². The molecule has 0 saturated heterocycles. The number of fused-ring (bicyclic) bond motifs is 1. The van der Waals surface area contributed by atoms with Crippen molar-refractivity contribution in [3.05, 3.63) is 77.0 Å². The number of hydrogen-bond donors (Lipinski definition) is 2. The molecule has 0 bridgehead atoms. The average molecular weight is 546 g/mol. The maximum atomic E-state index is 13.0. The molecule has 10 heteroatoms. The molecule has 0 fully saturated rings. The van der Waals surface area contributed by atoms with E-state index in [-0.39, 0.29) is 31.4 Å². The lowest BCUT2D eigenvalue weighted by Crippen LogP contribution is -2.49. The van der Waals surface area contributed by atoms with Crippen molar-refractivity contribution in [2.45, 2.75) is 46.1 Å². The van der Waals surface area contributed by atoms with E-state index in [2.05, 4.69) is 15.6 Å². The molecule has 0 spiro atoms. The van der Waals surface area contributed by atoms with Crippen LogP contribution in [0.3, 0.4) is 0 Å². The maximum absolute atomic E-state index is 13.0. The molecular formula is C28H34F3N5OS. The molecule has 3 aromatic rings. The van der Waals surface area contributed by atoms with Gasteiger partial charge >= 0.3 is 6.18 Å². The van der Waals surface area contributed by atoms with Gasteiger partial charge in [0.25, 0.3) is 0 Å². The molecule has 1 atom stereocenters. The summed E-state index contributed by atoms with van der Waals surface area (Å²) >= 11 is 0. The number of aromatic nitrogens is 1. The van der Waals surface area contributed by atoms with Crippen LogP contribution in [0.4, 0.5) is 36.1 Å². The minimum atomic E-state index is -4.36. The van der Waals surface area contributed by atoms with E-state index < -0.39 is 11.7 Å². The van der Waals surface area contributed by atoms with Gasteiger partial charge in [0.15, 0.2) is 0 Å². The van der Waals surface area contributed by atoms with E-state index in [1.807, 2.05) is 63.1 Å². The lowest BCUT2D eigenvalue weighted by atomic mass is 9.98. The van der Waals surface area contributed by atoms with Gasteiger partial charge in [0.05, 0.1) is 22.6 Å². The van der Waals surface area contributed by atoms with Gasteiger partial charge in [0.1, 0.15) is 11.9 Å². The zero-order valence-electron chi connectivity index (χ0n) is 22.1. The number of likely N-dealkylation sites (N-methyl/N-ethyl adjacent to an activating group) is 1. The predicted octanol–water partition coefficient (Wildman–Crippen LogP) is 6.18. The summed E-state index contributed by atoms with van der Waals surface area (Å²) in [6, 6.07) is 15.0. The van der Waals surface area contributed by atoms with Crippen molar-refractivity contribution in [3.63, 3.8) is 0 Å². The number of pyridine rings is 1. The summed E-state index contributed by atoms with van der Waals surface area (Å²) in [7, 11) is 3.71. The highest BCUT2D eigenvalue weighted by Crippen LogP contribution is 2.37. The highest BCUT2D eigenvalue weighted by molar-refractivity contribution is 7.59. The maximum Gasteiger partial charge on any atom is 0.416 e. The van der Waals surface area contributed by atoms with Gasteiger partial charge in [-0.05, 0) is 42.2 Å². The summed E-state index contributed by atoms with van der Waals surface area (Å²) in [6.07, 6.45) is -4.36. The summed E-state index contributed by atoms with van der Waals surface area (Å²) in [5, 5.41) is 6.37. The minimum Gasteiger partial charge on any atom is -0.370 e. The Kier molecular flexibility index (Phi) is 8.86. The number of carbonyl (C=O) groups is 1. The Morgan fingerprint density at radius 3 is 2.39 bits per heavy atom. The number of benzene rings is 2. The summed E-state index contributed by atoms with van der Waals surface area (Å²) in [5.74, 6) is 0.860. The average Bonchev–Trinajstić information content (AvgIpc) is 2.84. The van der Waals surface area contributed by atoms with Crippen LogP contribution >= 0.6 is 13.5 Å². The van der Waals surface area contributed by atoms with E-state index in [4.69, 9.17) is 0 Å². The second kappa shape index (κ2) is 11.6. The van der Waals surface area contributed by atoms with Gasteiger partial charge < -0.3 is 20.4 Å². The van der Waals surface area contributed by atoms with Gasteiger partial charge in [0, 0.05) is 38.9 Å². The molecule has 2 N–H and O–H groups in total. The summed E-state index contributed by atoms with van der Waals surface area (Å²) in [4.78, 5) is 21.0. The second-order valence-corrected chi connectivity index (χ2v) is 9.85. The molecule has 1 aliphatic heterocycles. The molecule has 6 nitrogen and oxygen atoms in total. The third-order valence-corrected chi connectivity index (χ3v) is 6.66. The molecule has 0 saturated carbocycles. The van der Waals surface area contributed by atoms with Crippen LogP contribution in [0.25, 0.3) is 0 Å². The molecule has 204 valence electrons. The van der Waals surface area contributed by atoms with Crippen molar-refractivity contribution in [1.82, 2.24) is 4.98 Å².